The third-order valence-corrected chi connectivity index (χ3v) is 5.54. The molecule has 1 N–H and O–H groups in total. The van der Waals surface area contributed by atoms with E-state index >= 15 is 0 Å². The minimum absolute atomic E-state index is 0.753. The summed E-state index contributed by atoms with van der Waals surface area (Å²) < 4.78 is 2.00. The van der Waals surface area contributed by atoms with E-state index in [1.165, 1.54) is 28.1 Å². The number of hydrogen-bond acceptors (Lipinski definition) is 3. The summed E-state index contributed by atoms with van der Waals surface area (Å²) in [5, 5.41) is 13.1. The van der Waals surface area contributed by atoms with Crippen molar-refractivity contribution in [1.29, 1.82) is 0 Å². The van der Waals surface area contributed by atoms with E-state index in [0.29, 0.717) is 0 Å². The van der Waals surface area contributed by atoms with Gasteiger partial charge in [0.1, 0.15) is 0 Å². The Morgan fingerprint density at radius 2 is 2.11 bits per heavy atom. The molecule has 6 heteroatoms. The van der Waals surface area contributed by atoms with Crippen LogP contribution in [0.4, 0.5) is 0 Å². The second-order valence-corrected chi connectivity index (χ2v) is 7.55. The molecule has 3 aromatic rings. The highest BCUT2D eigenvalue weighted by molar-refractivity contribution is 6.30. The molecule has 0 fully saturated rings. The van der Waals surface area contributed by atoms with Crippen LogP contribution in [0.5, 0.6) is 0 Å². The predicted octanol–water partition coefficient (Wildman–Crippen LogP) is 3.90. The van der Waals surface area contributed by atoms with Gasteiger partial charge in [0.25, 0.3) is 0 Å². The number of allylic oxidation sites excluding steroid dienone is 1. The molecule has 4 rings (SSSR count). The number of nitrogens with zero attached hydrogens (tertiary/aromatic N) is 4. The highest BCUT2D eigenvalue weighted by Gasteiger charge is 2.23. The van der Waals surface area contributed by atoms with Crippen LogP contribution in [0.1, 0.15) is 33.8 Å². The molecule has 0 saturated carbocycles. The molecule has 0 aliphatic carbocycles. The quantitative estimate of drug-likeness (QED) is 0.659. The van der Waals surface area contributed by atoms with Crippen molar-refractivity contribution in [3.63, 3.8) is 0 Å². The lowest BCUT2D eigenvalue weighted by Gasteiger charge is -2.27. The van der Waals surface area contributed by atoms with Gasteiger partial charge in [-0.2, -0.15) is 10.2 Å². The Morgan fingerprint density at radius 1 is 1.30 bits per heavy atom. The number of aromatic amines is 1. The van der Waals surface area contributed by atoms with E-state index in [9.17, 15) is 0 Å². The highest BCUT2D eigenvalue weighted by atomic mass is 35.5. The lowest BCUT2D eigenvalue weighted by Crippen LogP contribution is -2.30. The first kappa shape index (κ1) is 18.0. The highest BCUT2D eigenvalue weighted by Crippen LogP contribution is 2.24. The molecule has 1 aliphatic heterocycles. The monoisotopic (exact) mass is 381 g/mol. The summed E-state index contributed by atoms with van der Waals surface area (Å²) in [6, 6.07) is 8.01. The molecule has 0 amide bonds. The van der Waals surface area contributed by atoms with Crippen molar-refractivity contribution < 1.29 is 0 Å². The van der Waals surface area contributed by atoms with E-state index in [1.807, 2.05) is 29.1 Å². The number of nitrogens with one attached hydrogen (secondary N) is 1. The standard InChI is InChI=1S/C21H24ClN5/c1-3-9-27-15(2)17(12-23-27)13-26-10-8-20-19(14-26)21(25-24-20)11-16-4-6-18(22)7-5-16/h3-7,12H,1,8-11,13-14H2,2H3,(H,24,25). The smallest absolute Gasteiger partial charge is 0.0713 e. The van der Waals surface area contributed by atoms with Crippen molar-refractivity contribution in [3.05, 3.63) is 81.9 Å². The molecule has 0 saturated heterocycles. The number of rotatable bonds is 6. The van der Waals surface area contributed by atoms with Crippen LogP contribution in [0.2, 0.25) is 5.02 Å². The van der Waals surface area contributed by atoms with E-state index in [2.05, 4.69) is 45.8 Å². The summed E-state index contributed by atoms with van der Waals surface area (Å²) in [6.45, 7) is 9.54. The predicted molar refractivity (Wildman–Crippen MR) is 108 cm³/mol. The molecular weight excluding hydrogens is 358 g/mol. The number of fused-ring (bicyclic) bond motifs is 1. The van der Waals surface area contributed by atoms with Crippen LogP contribution in [-0.2, 0) is 32.5 Å². The summed E-state index contributed by atoms with van der Waals surface area (Å²) in [5.41, 5.74) is 7.47. The van der Waals surface area contributed by atoms with Gasteiger partial charge in [0, 0.05) is 60.0 Å². The molecule has 5 nitrogen and oxygen atoms in total. The van der Waals surface area contributed by atoms with E-state index in [4.69, 9.17) is 11.6 Å². The SMILES string of the molecule is C=CCn1ncc(CN2CCc3[nH]nc(Cc4ccc(Cl)cc4)c3C2)c1C. The Bertz CT molecular complexity index is 938. The third-order valence-electron chi connectivity index (χ3n) is 5.28. The molecule has 2 aromatic heterocycles. The Morgan fingerprint density at radius 3 is 2.89 bits per heavy atom. The van der Waals surface area contributed by atoms with Crippen LogP contribution >= 0.6 is 11.6 Å². The van der Waals surface area contributed by atoms with Crippen LogP contribution in [0.3, 0.4) is 0 Å². The van der Waals surface area contributed by atoms with Gasteiger partial charge in [-0.3, -0.25) is 14.7 Å². The number of hydrogen-bond donors (Lipinski definition) is 1. The summed E-state index contributed by atoms with van der Waals surface area (Å²) in [4.78, 5) is 2.48. The Balaban J connectivity index is 1.48. The zero-order valence-corrected chi connectivity index (χ0v) is 16.3. The fourth-order valence-electron chi connectivity index (χ4n) is 3.67. The first-order valence-electron chi connectivity index (χ1n) is 9.28. The van der Waals surface area contributed by atoms with Crippen molar-refractivity contribution in [2.75, 3.05) is 6.54 Å². The van der Waals surface area contributed by atoms with Crippen LogP contribution in [0, 0.1) is 6.92 Å². The van der Waals surface area contributed by atoms with Gasteiger partial charge in [-0.05, 0) is 24.6 Å². The molecule has 0 bridgehead atoms. The topological polar surface area (TPSA) is 49.7 Å². The number of aromatic nitrogens is 4. The summed E-state index contributed by atoms with van der Waals surface area (Å²) in [5.74, 6) is 0. The first-order valence-corrected chi connectivity index (χ1v) is 9.66. The van der Waals surface area contributed by atoms with Crippen molar-refractivity contribution in [3.8, 4) is 0 Å². The van der Waals surface area contributed by atoms with Gasteiger partial charge in [0.15, 0.2) is 0 Å². The average molecular weight is 382 g/mol. The van der Waals surface area contributed by atoms with Crippen molar-refractivity contribution in [2.24, 2.45) is 0 Å². The van der Waals surface area contributed by atoms with Crippen molar-refractivity contribution in [1.82, 2.24) is 24.9 Å². The molecule has 0 unspecified atom stereocenters. The summed E-state index contributed by atoms with van der Waals surface area (Å²) >= 11 is 6.00. The maximum Gasteiger partial charge on any atom is 0.0713 e. The molecule has 3 heterocycles. The molecule has 0 radical (unpaired) electrons. The Hall–Kier alpha value is -2.37. The van der Waals surface area contributed by atoms with Crippen LogP contribution in [-0.4, -0.2) is 31.4 Å². The van der Waals surface area contributed by atoms with Crippen LogP contribution < -0.4 is 0 Å². The van der Waals surface area contributed by atoms with E-state index < -0.39 is 0 Å². The van der Waals surface area contributed by atoms with Gasteiger partial charge in [-0.15, -0.1) is 6.58 Å². The largest absolute Gasteiger partial charge is 0.294 e. The number of H-pyrrole nitrogens is 1. The molecule has 140 valence electrons. The van der Waals surface area contributed by atoms with Crippen LogP contribution in [0.15, 0.2) is 43.1 Å². The molecule has 0 spiro atoms. The minimum atomic E-state index is 0.753. The van der Waals surface area contributed by atoms with Gasteiger partial charge in [0.2, 0.25) is 0 Å². The molecule has 0 atom stereocenters. The van der Waals surface area contributed by atoms with Gasteiger partial charge in [-0.1, -0.05) is 29.8 Å². The van der Waals surface area contributed by atoms with Gasteiger partial charge < -0.3 is 0 Å². The van der Waals surface area contributed by atoms with Gasteiger partial charge in [-0.25, -0.2) is 0 Å². The first-order chi connectivity index (χ1) is 13.1. The van der Waals surface area contributed by atoms with E-state index in [-0.39, 0.29) is 0 Å². The molecule has 27 heavy (non-hydrogen) atoms. The zero-order valence-electron chi connectivity index (χ0n) is 15.6. The van der Waals surface area contributed by atoms with Crippen molar-refractivity contribution in [2.45, 2.75) is 39.4 Å². The molecule has 1 aliphatic rings. The second-order valence-electron chi connectivity index (χ2n) is 7.12. The Labute approximate surface area is 164 Å². The second kappa shape index (κ2) is 7.71. The van der Waals surface area contributed by atoms with Gasteiger partial charge >= 0.3 is 0 Å². The molecule has 1 aromatic carbocycles. The van der Waals surface area contributed by atoms with Crippen LogP contribution in [0.25, 0.3) is 0 Å². The third kappa shape index (κ3) is 3.84. The minimum Gasteiger partial charge on any atom is -0.294 e. The fourth-order valence-corrected chi connectivity index (χ4v) is 3.80. The van der Waals surface area contributed by atoms with Gasteiger partial charge in [0.05, 0.1) is 18.4 Å². The number of halogens is 1. The zero-order chi connectivity index (χ0) is 18.8. The maximum atomic E-state index is 6.00. The number of benzene rings is 1. The fraction of sp³-hybridized carbons (Fsp3) is 0.333. The van der Waals surface area contributed by atoms with Crippen molar-refractivity contribution >= 4 is 11.6 Å². The average Bonchev–Trinajstić information content (AvgIpc) is 3.22. The van der Waals surface area contributed by atoms with E-state index in [1.54, 1.807) is 0 Å². The van der Waals surface area contributed by atoms with E-state index in [0.717, 1.165) is 49.7 Å². The lowest BCUT2D eigenvalue weighted by atomic mass is 10.0. The maximum absolute atomic E-state index is 6.00. The Kier molecular flexibility index (Phi) is 5.14. The summed E-state index contributed by atoms with van der Waals surface area (Å²) in [6.07, 6.45) is 5.69. The lowest BCUT2D eigenvalue weighted by molar-refractivity contribution is 0.243. The normalized spacial score (nSPS) is 14.3. The molecular formula is C21H24ClN5. The summed E-state index contributed by atoms with van der Waals surface area (Å²) in [7, 11) is 0.